The molecule has 0 saturated carbocycles. The molecule has 2 atom stereocenters. The summed E-state index contributed by atoms with van der Waals surface area (Å²) < 4.78 is 0. The SMILES string of the molecule is C=CN(C)CCC(C)CCCCC(C)CCCCC(C)=NCC=C(C)C. The van der Waals surface area contributed by atoms with E-state index in [1.165, 1.54) is 69.1 Å². The number of nitrogens with zero attached hydrogens (tertiary/aromatic N) is 2. The minimum Gasteiger partial charge on any atom is -0.381 e. The molecule has 0 fully saturated rings. The van der Waals surface area contributed by atoms with Crippen LogP contribution < -0.4 is 0 Å². The molecule has 26 heavy (non-hydrogen) atoms. The largest absolute Gasteiger partial charge is 0.381 e. The Morgan fingerprint density at radius 3 is 2.00 bits per heavy atom. The average Bonchev–Trinajstić information content (AvgIpc) is 2.60. The fourth-order valence-electron chi connectivity index (χ4n) is 3.13. The summed E-state index contributed by atoms with van der Waals surface area (Å²) in [7, 11) is 2.11. The van der Waals surface area contributed by atoms with E-state index < -0.39 is 0 Å². The standard InChI is InChI=1S/C24H46N2/c1-8-26(7)20-18-23(5)15-10-9-13-22(4)14-11-12-16-24(6)25-19-17-21(2)3/h8,17,22-23H,1,9-16,18-20H2,2-7H3. The molecule has 0 amide bonds. The van der Waals surface area contributed by atoms with E-state index in [2.05, 4.69) is 64.2 Å². The summed E-state index contributed by atoms with van der Waals surface area (Å²) in [6, 6.07) is 0. The molecule has 0 bridgehead atoms. The Kier molecular flexibility index (Phi) is 15.5. The monoisotopic (exact) mass is 362 g/mol. The van der Waals surface area contributed by atoms with Crippen LogP contribution in [0.3, 0.4) is 0 Å². The van der Waals surface area contributed by atoms with Crippen molar-refractivity contribution >= 4 is 5.71 Å². The highest BCUT2D eigenvalue weighted by atomic mass is 15.1. The molecule has 0 aliphatic heterocycles. The Morgan fingerprint density at radius 1 is 0.923 bits per heavy atom. The van der Waals surface area contributed by atoms with Gasteiger partial charge in [0.2, 0.25) is 0 Å². The summed E-state index contributed by atoms with van der Waals surface area (Å²) in [5.41, 5.74) is 2.67. The Balaban J connectivity index is 3.61. The maximum atomic E-state index is 4.62. The first kappa shape index (κ1) is 24.9. The highest BCUT2D eigenvalue weighted by molar-refractivity contribution is 5.81. The molecule has 0 N–H and O–H groups in total. The van der Waals surface area contributed by atoms with Crippen LogP contribution >= 0.6 is 0 Å². The zero-order valence-electron chi connectivity index (χ0n) is 18.7. The minimum atomic E-state index is 0.835. The van der Waals surface area contributed by atoms with Gasteiger partial charge in [0.15, 0.2) is 0 Å². The van der Waals surface area contributed by atoms with Crippen molar-refractivity contribution in [2.75, 3.05) is 20.1 Å². The van der Waals surface area contributed by atoms with Crippen LogP contribution in [-0.4, -0.2) is 30.7 Å². The smallest absolute Gasteiger partial charge is 0.0571 e. The predicted molar refractivity (Wildman–Crippen MR) is 120 cm³/mol. The van der Waals surface area contributed by atoms with Crippen LogP contribution in [0.15, 0.2) is 29.4 Å². The second-order valence-corrected chi connectivity index (χ2v) is 8.55. The third-order valence-electron chi connectivity index (χ3n) is 5.28. The van der Waals surface area contributed by atoms with Crippen LogP contribution in [-0.2, 0) is 0 Å². The van der Waals surface area contributed by atoms with Gasteiger partial charge in [-0.2, -0.15) is 0 Å². The van der Waals surface area contributed by atoms with E-state index in [0.29, 0.717) is 0 Å². The van der Waals surface area contributed by atoms with Crippen molar-refractivity contribution in [3.63, 3.8) is 0 Å². The number of allylic oxidation sites excluding steroid dienone is 1. The quantitative estimate of drug-likeness (QED) is 0.160. The number of aliphatic imine (C=N–C) groups is 1. The summed E-state index contributed by atoms with van der Waals surface area (Å²) in [5.74, 6) is 1.71. The first-order valence-corrected chi connectivity index (χ1v) is 10.8. The third-order valence-corrected chi connectivity index (χ3v) is 5.28. The van der Waals surface area contributed by atoms with Crippen molar-refractivity contribution in [3.8, 4) is 0 Å². The molecule has 0 heterocycles. The Morgan fingerprint density at radius 2 is 1.46 bits per heavy atom. The molecule has 0 aliphatic rings. The van der Waals surface area contributed by atoms with Crippen molar-refractivity contribution in [3.05, 3.63) is 24.4 Å². The zero-order valence-corrected chi connectivity index (χ0v) is 18.7. The van der Waals surface area contributed by atoms with Gasteiger partial charge in [-0.25, -0.2) is 0 Å². The van der Waals surface area contributed by atoms with Gasteiger partial charge < -0.3 is 4.90 Å². The zero-order chi connectivity index (χ0) is 19.8. The fourth-order valence-corrected chi connectivity index (χ4v) is 3.13. The van der Waals surface area contributed by atoms with Crippen molar-refractivity contribution in [2.24, 2.45) is 16.8 Å². The maximum Gasteiger partial charge on any atom is 0.0571 e. The van der Waals surface area contributed by atoms with Crippen molar-refractivity contribution in [2.45, 2.75) is 92.4 Å². The van der Waals surface area contributed by atoms with Crippen LogP contribution in [0.1, 0.15) is 92.4 Å². The van der Waals surface area contributed by atoms with Crippen molar-refractivity contribution in [1.82, 2.24) is 4.90 Å². The number of unbranched alkanes of at least 4 members (excludes halogenated alkanes) is 2. The van der Waals surface area contributed by atoms with Crippen LogP contribution in [0, 0.1) is 11.8 Å². The number of hydrogen-bond donors (Lipinski definition) is 0. The molecular weight excluding hydrogens is 316 g/mol. The van der Waals surface area contributed by atoms with Crippen molar-refractivity contribution < 1.29 is 0 Å². The van der Waals surface area contributed by atoms with E-state index in [1.54, 1.807) is 0 Å². The van der Waals surface area contributed by atoms with Gasteiger partial charge in [-0.15, -0.1) is 0 Å². The van der Waals surface area contributed by atoms with Crippen LogP contribution in [0.4, 0.5) is 0 Å². The van der Waals surface area contributed by atoms with E-state index >= 15 is 0 Å². The molecule has 152 valence electrons. The molecule has 0 radical (unpaired) electrons. The molecule has 0 aliphatic carbocycles. The van der Waals surface area contributed by atoms with Crippen molar-refractivity contribution in [1.29, 1.82) is 0 Å². The molecule has 0 saturated heterocycles. The van der Waals surface area contributed by atoms with Gasteiger partial charge >= 0.3 is 0 Å². The van der Waals surface area contributed by atoms with Gasteiger partial charge in [-0.3, -0.25) is 4.99 Å². The van der Waals surface area contributed by atoms with Gasteiger partial charge in [-0.1, -0.05) is 70.6 Å². The molecule has 2 unspecified atom stereocenters. The fraction of sp³-hybridized carbons (Fsp3) is 0.792. The summed E-state index contributed by atoms with van der Waals surface area (Å²) in [4.78, 5) is 6.81. The van der Waals surface area contributed by atoms with Gasteiger partial charge in [0.1, 0.15) is 0 Å². The third kappa shape index (κ3) is 16.4. The topological polar surface area (TPSA) is 15.6 Å². The molecule has 2 heteroatoms. The van der Waals surface area contributed by atoms with Gasteiger partial charge in [0.25, 0.3) is 0 Å². The minimum absolute atomic E-state index is 0.835. The number of rotatable bonds is 16. The normalized spacial score (nSPS) is 14.0. The molecule has 0 aromatic carbocycles. The molecular formula is C24H46N2. The maximum absolute atomic E-state index is 4.62. The van der Waals surface area contributed by atoms with Gasteiger partial charge in [-0.05, 0) is 58.1 Å². The summed E-state index contributed by atoms with van der Waals surface area (Å²) in [6.45, 7) is 17.1. The predicted octanol–water partition coefficient (Wildman–Crippen LogP) is 7.27. The van der Waals surface area contributed by atoms with Gasteiger partial charge in [0, 0.05) is 19.3 Å². The summed E-state index contributed by atoms with van der Waals surface area (Å²) in [6.07, 6.45) is 16.1. The first-order chi connectivity index (χ1) is 12.3. The average molecular weight is 363 g/mol. The Hall–Kier alpha value is -1.05. The highest BCUT2D eigenvalue weighted by Gasteiger charge is 2.06. The Bertz CT molecular complexity index is 404. The van der Waals surface area contributed by atoms with Crippen LogP contribution in [0.2, 0.25) is 0 Å². The summed E-state index contributed by atoms with van der Waals surface area (Å²) >= 11 is 0. The van der Waals surface area contributed by atoms with E-state index in [-0.39, 0.29) is 0 Å². The van der Waals surface area contributed by atoms with E-state index in [4.69, 9.17) is 0 Å². The lowest BCUT2D eigenvalue weighted by molar-refractivity contribution is 0.365. The van der Waals surface area contributed by atoms with E-state index in [0.717, 1.165) is 24.9 Å². The lowest BCUT2D eigenvalue weighted by Crippen LogP contribution is -2.14. The van der Waals surface area contributed by atoms with Crippen LogP contribution in [0.25, 0.3) is 0 Å². The first-order valence-electron chi connectivity index (χ1n) is 10.8. The lowest BCUT2D eigenvalue weighted by atomic mass is 9.94. The number of hydrogen-bond acceptors (Lipinski definition) is 2. The van der Waals surface area contributed by atoms with E-state index in [1.807, 2.05) is 6.20 Å². The molecule has 0 aromatic heterocycles. The molecule has 0 spiro atoms. The van der Waals surface area contributed by atoms with Gasteiger partial charge in [0.05, 0.1) is 6.54 Å². The highest BCUT2D eigenvalue weighted by Crippen LogP contribution is 2.19. The molecule has 2 nitrogen and oxygen atoms in total. The molecule has 0 rings (SSSR count). The van der Waals surface area contributed by atoms with E-state index in [9.17, 15) is 0 Å². The lowest BCUT2D eigenvalue weighted by Gasteiger charge is -2.17. The second kappa shape index (κ2) is 16.1. The molecule has 0 aromatic rings. The Labute approximate surface area is 164 Å². The van der Waals surface area contributed by atoms with Crippen LogP contribution in [0.5, 0.6) is 0 Å². The second-order valence-electron chi connectivity index (χ2n) is 8.55. The summed E-state index contributed by atoms with van der Waals surface area (Å²) in [5, 5.41) is 0.